The van der Waals surface area contributed by atoms with Crippen molar-refractivity contribution in [1.29, 1.82) is 0 Å². The van der Waals surface area contributed by atoms with Gasteiger partial charge in [0.05, 0.1) is 11.5 Å². The fourth-order valence-electron chi connectivity index (χ4n) is 0.626. The molecule has 0 aromatic carbocycles. The number of carbonyl (C=O) groups excluding carboxylic acids is 1. The van der Waals surface area contributed by atoms with Gasteiger partial charge < -0.3 is 5.32 Å². The number of amides is 1. The van der Waals surface area contributed by atoms with E-state index in [1.54, 1.807) is 0 Å². The van der Waals surface area contributed by atoms with E-state index in [1.165, 1.54) is 12.1 Å². The summed E-state index contributed by atoms with van der Waals surface area (Å²) in [5.74, 6) is -0.290. The molecule has 0 atom stereocenters. The number of pyridine rings is 1. The van der Waals surface area contributed by atoms with Crippen molar-refractivity contribution in [3.63, 3.8) is 0 Å². The van der Waals surface area contributed by atoms with Gasteiger partial charge in [0.25, 0.3) is 0 Å². The van der Waals surface area contributed by atoms with E-state index in [2.05, 4.69) is 26.2 Å². The van der Waals surface area contributed by atoms with Crippen LogP contribution in [0.3, 0.4) is 0 Å². The van der Waals surface area contributed by atoms with E-state index in [0.717, 1.165) is 6.20 Å². The number of alkyl halides is 1. The van der Waals surface area contributed by atoms with E-state index >= 15 is 0 Å². The van der Waals surface area contributed by atoms with Gasteiger partial charge in [-0.3, -0.25) is 4.79 Å². The molecule has 1 heterocycles. The molecule has 12 heavy (non-hydrogen) atoms. The Labute approximate surface area is 77.1 Å². The van der Waals surface area contributed by atoms with Gasteiger partial charge in [-0.2, -0.15) is 0 Å². The molecule has 0 fully saturated rings. The first-order valence-electron chi connectivity index (χ1n) is 3.20. The molecule has 64 valence electrons. The summed E-state index contributed by atoms with van der Waals surface area (Å²) in [6.45, 7) is 0. The number of aromatic nitrogens is 1. The predicted molar refractivity (Wildman–Crippen MR) is 46.6 cm³/mol. The van der Waals surface area contributed by atoms with Crippen LogP contribution in [0.4, 0.5) is 10.2 Å². The largest absolute Gasteiger partial charge is 0.310 e. The van der Waals surface area contributed by atoms with E-state index in [-0.39, 0.29) is 11.2 Å². The van der Waals surface area contributed by atoms with Gasteiger partial charge in [0.2, 0.25) is 5.91 Å². The molecule has 1 aromatic rings. The Hall–Kier alpha value is -0.970. The maximum Gasteiger partial charge on any atom is 0.236 e. The smallest absolute Gasteiger partial charge is 0.236 e. The second-order valence-electron chi connectivity index (χ2n) is 2.04. The topological polar surface area (TPSA) is 42.0 Å². The van der Waals surface area contributed by atoms with Crippen molar-refractivity contribution in [2.45, 2.75) is 0 Å². The van der Waals surface area contributed by atoms with Crippen LogP contribution in [0.5, 0.6) is 0 Å². The van der Waals surface area contributed by atoms with E-state index in [1.807, 2.05) is 0 Å². The Morgan fingerprint density at radius 3 is 2.92 bits per heavy atom. The molecule has 5 heteroatoms. The summed E-state index contributed by atoms with van der Waals surface area (Å²) in [6.07, 6.45) is 1.05. The number of hydrogen-bond acceptors (Lipinski definition) is 2. The summed E-state index contributed by atoms with van der Waals surface area (Å²) in [7, 11) is 0. The Morgan fingerprint density at radius 2 is 2.42 bits per heavy atom. The highest BCUT2D eigenvalue weighted by molar-refractivity contribution is 9.09. The first kappa shape index (κ1) is 9.12. The molecule has 1 N–H and O–H groups in total. The molecule has 1 amide bonds. The predicted octanol–water partition coefficient (Wildman–Crippen LogP) is 1.55. The fraction of sp³-hybridized carbons (Fsp3) is 0.143. The maximum atomic E-state index is 12.3. The van der Waals surface area contributed by atoms with Gasteiger partial charge in [-0.25, -0.2) is 9.37 Å². The normalized spacial score (nSPS) is 9.50. The van der Waals surface area contributed by atoms with Crippen molar-refractivity contribution in [2.24, 2.45) is 0 Å². The van der Waals surface area contributed by atoms with Crippen LogP contribution in [0.1, 0.15) is 0 Å². The quantitative estimate of drug-likeness (QED) is 0.787. The van der Waals surface area contributed by atoms with Crippen LogP contribution in [-0.2, 0) is 4.79 Å². The van der Waals surface area contributed by atoms with Crippen molar-refractivity contribution < 1.29 is 9.18 Å². The van der Waals surface area contributed by atoms with Crippen LogP contribution >= 0.6 is 15.9 Å². The SMILES string of the molecule is O=C(CBr)Nc1ccc(F)cn1. The molecule has 0 aliphatic carbocycles. The molecular formula is C7H6BrFN2O. The Bertz CT molecular complexity index is 275. The number of rotatable bonds is 2. The number of anilines is 1. The lowest BCUT2D eigenvalue weighted by Crippen LogP contribution is -2.13. The summed E-state index contributed by atoms with van der Waals surface area (Å²) < 4.78 is 12.3. The molecule has 1 aromatic heterocycles. The third-order valence-corrected chi connectivity index (χ3v) is 1.63. The minimum Gasteiger partial charge on any atom is -0.310 e. The minimum atomic E-state index is -0.424. The third-order valence-electron chi connectivity index (χ3n) is 1.12. The highest BCUT2D eigenvalue weighted by Crippen LogP contribution is 2.03. The van der Waals surface area contributed by atoms with Crippen LogP contribution in [0, 0.1) is 5.82 Å². The maximum absolute atomic E-state index is 12.3. The molecule has 0 spiro atoms. The van der Waals surface area contributed by atoms with Gasteiger partial charge in [-0.05, 0) is 12.1 Å². The number of nitrogens with one attached hydrogen (secondary N) is 1. The molecular weight excluding hydrogens is 227 g/mol. The van der Waals surface area contributed by atoms with E-state index in [9.17, 15) is 9.18 Å². The van der Waals surface area contributed by atoms with Gasteiger partial charge in [-0.15, -0.1) is 0 Å². The summed E-state index contributed by atoms with van der Waals surface area (Å²) >= 11 is 2.97. The highest BCUT2D eigenvalue weighted by atomic mass is 79.9. The number of hydrogen-bond donors (Lipinski definition) is 1. The molecule has 0 bridgehead atoms. The van der Waals surface area contributed by atoms with Crippen molar-refractivity contribution in [3.05, 3.63) is 24.1 Å². The summed E-state index contributed by atoms with van der Waals surface area (Å²) in [5.41, 5.74) is 0. The van der Waals surface area contributed by atoms with Gasteiger partial charge in [-0.1, -0.05) is 15.9 Å². The van der Waals surface area contributed by atoms with Gasteiger partial charge in [0.1, 0.15) is 11.6 Å². The molecule has 0 unspecified atom stereocenters. The second kappa shape index (κ2) is 4.15. The van der Waals surface area contributed by atoms with Crippen LogP contribution in [0.2, 0.25) is 0 Å². The first-order chi connectivity index (χ1) is 5.72. The third kappa shape index (κ3) is 2.58. The first-order valence-corrected chi connectivity index (χ1v) is 4.32. The summed E-state index contributed by atoms with van der Waals surface area (Å²) in [6, 6.07) is 2.63. The van der Waals surface area contributed by atoms with Crippen LogP contribution in [-0.4, -0.2) is 16.2 Å². The van der Waals surface area contributed by atoms with Crippen molar-refractivity contribution >= 4 is 27.7 Å². The van der Waals surface area contributed by atoms with Crippen molar-refractivity contribution in [3.8, 4) is 0 Å². The molecule has 0 radical (unpaired) electrons. The minimum absolute atomic E-state index is 0.200. The van der Waals surface area contributed by atoms with E-state index in [0.29, 0.717) is 5.82 Å². The monoisotopic (exact) mass is 232 g/mol. The molecule has 3 nitrogen and oxygen atoms in total. The Morgan fingerprint density at radius 1 is 1.67 bits per heavy atom. The van der Waals surface area contributed by atoms with Crippen molar-refractivity contribution in [1.82, 2.24) is 4.98 Å². The number of carbonyl (C=O) groups is 1. The second-order valence-corrected chi connectivity index (χ2v) is 2.60. The zero-order valence-electron chi connectivity index (χ0n) is 6.05. The average molecular weight is 233 g/mol. The van der Waals surface area contributed by atoms with Gasteiger partial charge in [0.15, 0.2) is 0 Å². The summed E-state index contributed by atoms with van der Waals surface area (Å²) in [5, 5.41) is 2.66. The highest BCUT2D eigenvalue weighted by Gasteiger charge is 1.99. The average Bonchev–Trinajstić information content (AvgIpc) is 2.09. The Kier molecular flexibility index (Phi) is 3.16. The van der Waals surface area contributed by atoms with E-state index in [4.69, 9.17) is 0 Å². The Balaban J connectivity index is 2.64. The lowest BCUT2D eigenvalue weighted by Gasteiger charge is -1.99. The number of nitrogens with zero attached hydrogens (tertiary/aromatic N) is 1. The van der Waals surface area contributed by atoms with Crippen molar-refractivity contribution in [2.75, 3.05) is 10.6 Å². The summed E-state index contributed by atoms with van der Waals surface area (Å²) in [4.78, 5) is 14.4. The van der Waals surface area contributed by atoms with Gasteiger partial charge in [0, 0.05) is 0 Å². The lowest BCUT2D eigenvalue weighted by atomic mass is 10.4. The van der Waals surface area contributed by atoms with Crippen LogP contribution in [0.15, 0.2) is 18.3 Å². The van der Waals surface area contributed by atoms with Crippen LogP contribution < -0.4 is 5.32 Å². The van der Waals surface area contributed by atoms with Gasteiger partial charge >= 0.3 is 0 Å². The zero-order valence-corrected chi connectivity index (χ0v) is 7.64. The molecule has 1 rings (SSSR count). The fourth-order valence-corrected chi connectivity index (χ4v) is 0.766. The molecule has 0 saturated heterocycles. The number of halogens is 2. The standard InChI is InChI=1S/C7H6BrFN2O/c8-3-7(12)11-6-2-1-5(9)4-10-6/h1-2,4H,3H2,(H,10,11,12). The lowest BCUT2D eigenvalue weighted by molar-refractivity contribution is -0.113. The molecule has 0 aliphatic rings. The molecule has 0 aliphatic heterocycles. The van der Waals surface area contributed by atoms with E-state index < -0.39 is 5.82 Å². The van der Waals surface area contributed by atoms with Crippen LogP contribution in [0.25, 0.3) is 0 Å². The molecule has 0 saturated carbocycles. The zero-order chi connectivity index (χ0) is 8.97.